The number of hydrogen-bond donors (Lipinski definition) is 1. The van der Waals surface area contributed by atoms with E-state index in [1.807, 2.05) is 12.1 Å². The van der Waals surface area contributed by atoms with Gasteiger partial charge in [-0.1, -0.05) is 12.1 Å². The van der Waals surface area contributed by atoms with Crippen molar-refractivity contribution in [1.82, 2.24) is 0 Å². The maximum Gasteiger partial charge on any atom is 0.340 e. The molecular formula is C18H14F2N2O4S. The van der Waals surface area contributed by atoms with Gasteiger partial charge in [0.25, 0.3) is 0 Å². The second-order valence-electron chi connectivity index (χ2n) is 5.59. The average Bonchev–Trinajstić information content (AvgIpc) is 2.65. The van der Waals surface area contributed by atoms with Crippen LogP contribution in [-0.2, 0) is 14.3 Å². The predicted octanol–water partition coefficient (Wildman–Crippen LogP) is 2.83. The van der Waals surface area contributed by atoms with Crippen LogP contribution >= 0.6 is 11.8 Å². The van der Waals surface area contributed by atoms with Gasteiger partial charge >= 0.3 is 5.97 Å². The van der Waals surface area contributed by atoms with Crippen molar-refractivity contribution in [1.29, 1.82) is 0 Å². The number of carbonyl (C=O) groups is 3. The van der Waals surface area contributed by atoms with Gasteiger partial charge in [-0.05, 0) is 18.2 Å². The van der Waals surface area contributed by atoms with E-state index in [9.17, 15) is 23.2 Å². The van der Waals surface area contributed by atoms with Crippen molar-refractivity contribution in [2.24, 2.45) is 0 Å². The largest absolute Gasteiger partial charge is 0.465 e. The number of thioether (sulfide) groups is 1. The SMILES string of the molecule is COC(=O)c1cc(NC(=O)CN2C(=O)CSc3ccccc32)c(F)cc1F. The van der Waals surface area contributed by atoms with E-state index in [0.29, 0.717) is 11.8 Å². The minimum atomic E-state index is -1.10. The number of para-hydroxylation sites is 1. The van der Waals surface area contributed by atoms with Crippen molar-refractivity contribution in [2.45, 2.75) is 4.90 Å². The first-order valence-corrected chi connectivity index (χ1v) is 8.78. The Bertz CT molecular complexity index is 936. The molecule has 6 nitrogen and oxygen atoms in total. The molecule has 0 aromatic heterocycles. The van der Waals surface area contributed by atoms with Crippen LogP contribution in [0.5, 0.6) is 0 Å². The lowest BCUT2D eigenvalue weighted by molar-refractivity contribution is -0.120. The summed E-state index contributed by atoms with van der Waals surface area (Å²) in [7, 11) is 1.06. The molecule has 140 valence electrons. The van der Waals surface area contributed by atoms with Crippen molar-refractivity contribution < 1.29 is 27.9 Å². The minimum Gasteiger partial charge on any atom is -0.465 e. The predicted molar refractivity (Wildman–Crippen MR) is 95.8 cm³/mol. The Morgan fingerprint density at radius 2 is 1.96 bits per heavy atom. The summed E-state index contributed by atoms with van der Waals surface area (Å²) in [4.78, 5) is 38.2. The van der Waals surface area contributed by atoms with Crippen molar-refractivity contribution in [3.8, 4) is 0 Å². The maximum absolute atomic E-state index is 14.0. The standard InChI is InChI=1S/C18H14F2N2O4S/c1-26-18(25)10-6-13(12(20)7-11(10)19)21-16(23)8-22-14-4-2-3-5-15(14)27-9-17(22)24/h2-7H,8-9H2,1H3,(H,21,23). The molecule has 0 fully saturated rings. The van der Waals surface area contributed by atoms with Crippen LogP contribution < -0.4 is 10.2 Å². The Kier molecular flexibility index (Phi) is 5.41. The summed E-state index contributed by atoms with van der Waals surface area (Å²) in [5.41, 5.74) is -0.303. The zero-order valence-electron chi connectivity index (χ0n) is 14.1. The third-order valence-electron chi connectivity index (χ3n) is 3.85. The molecule has 9 heteroatoms. The Morgan fingerprint density at radius 3 is 2.70 bits per heavy atom. The summed E-state index contributed by atoms with van der Waals surface area (Å²) in [6, 6.07) is 8.45. The Labute approximate surface area is 157 Å². The van der Waals surface area contributed by atoms with Gasteiger partial charge in [-0.15, -0.1) is 11.8 Å². The summed E-state index contributed by atoms with van der Waals surface area (Å²) in [6.07, 6.45) is 0. The van der Waals surface area contributed by atoms with Gasteiger partial charge in [0.15, 0.2) is 0 Å². The number of esters is 1. The topological polar surface area (TPSA) is 75.7 Å². The molecule has 1 N–H and O–H groups in total. The zero-order chi connectivity index (χ0) is 19.6. The van der Waals surface area contributed by atoms with E-state index < -0.39 is 29.1 Å². The van der Waals surface area contributed by atoms with Crippen LogP contribution in [-0.4, -0.2) is 37.2 Å². The lowest BCUT2D eigenvalue weighted by Crippen LogP contribution is -2.41. The average molecular weight is 392 g/mol. The first kappa shape index (κ1) is 18.8. The number of ether oxygens (including phenoxy) is 1. The van der Waals surface area contributed by atoms with Crippen LogP contribution in [0.2, 0.25) is 0 Å². The van der Waals surface area contributed by atoms with Crippen LogP contribution in [0.25, 0.3) is 0 Å². The molecule has 27 heavy (non-hydrogen) atoms. The smallest absolute Gasteiger partial charge is 0.340 e. The van der Waals surface area contributed by atoms with Crippen LogP contribution in [0.1, 0.15) is 10.4 Å². The van der Waals surface area contributed by atoms with Gasteiger partial charge < -0.3 is 15.0 Å². The van der Waals surface area contributed by atoms with Gasteiger partial charge in [-0.3, -0.25) is 9.59 Å². The van der Waals surface area contributed by atoms with Gasteiger partial charge in [-0.25, -0.2) is 13.6 Å². The number of hydrogen-bond acceptors (Lipinski definition) is 5. The molecule has 2 aromatic rings. The van der Waals surface area contributed by atoms with Gasteiger partial charge in [0.2, 0.25) is 11.8 Å². The van der Waals surface area contributed by atoms with E-state index in [4.69, 9.17) is 0 Å². The summed E-state index contributed by atoms with van der Waals surface area (Å²) >= 11 is 1.37. The van der Waals surface area contributed by atoms with Crippen LogP contribution in [0.4, 0.5) is 20.2 Å². The Morgan fingerprint density at radius 1 is 1.22 bits per heavy atom. The molecule has 0 spiro atoms. The first-order valence-electron chi connectivity index (χ1n) is 7.80. The van der Waals surface area contributed by atoms with Crippen molar-refractivity contribution in [3.05, 3.63) is 53.6 Å². The van der Waals surface area contributed by atoms with E-state index in [0.717, 1.165) is 18.1 Å². The number of methoxy groups -OCH3 is 1. The molecule has 0 unspecified atom stereocenters. The minimum absolute atomic E-state index is 0.182. The van der Waals surface area contributed by atoms with E-state index in [2.05, 4.69) is 10.1 Å². The van der Waals surface area contributed by atoms with Crippen molar-refractivity contribution in [2.75, 3.05) is 29.6 Å². The lowest BCUT2D eigenvalue weighted by Gasteiger charge is -2.28. The molecule has 1 aliphatic heterocycles. The third kappa shape index (κ3) is 3.92. The maximum atomic E-state index is 14.0. The quantitative estimate of drug-likeness (QED) is 0.810. The van der Waals surface area contributed by atoms with E-state index in [-0.39, 0.29) is 23.9 Å². The fourth-order valence-electron chi connectivity index (χ4n) is 2.57. The molecular weight excluding hydrogens is 378 g/mol. The highest BCUT2D eigenvalue weighted by Gasteiger charge is 2.27. The first-order chi connectivity index (χ1) is 12.9. The highest BCUT2D eigenvalue weighted by atomic mass is 32.2. The molecule has 0 saturated carbocycles. The van der Waals surface area contributed by atoms with Gasteiger partial charge in [0.05, 0.1) is 29.8 Å². The van der Waals surface area contributed by atoms with Crippen LogP contribution in [0.15, 0.2) is 41.3 Å². The highest BCUT2D eigenvalue weighted by molar-refractivity contribution is 8.00. The lowest BCUT2D eigenvalue weighted by atomic mass is 10.1. The van der Waals surface area contributed by atoms with Gasteiger partial charge in [0.1, 0.15) is 18.2 Å². The molecule has 0 radical (unpaired) electrons. The number of amides is 2. The fraction of sp³-hybridized carbons (Fsp3) is 0.167. The monoisotopic (exact) mass is 392 g/mol. The van der Waals surface area contributed by atoms with Crippen molar-refractivity contribution >= 4 is 40.9 Å². The Balaban J connectivity index is 1.81. The molecule has 1 aliphatic rings. The zero-order valence-corrected chi connectivity index (χ0v) is 14.9. The molecule has 0 saturated heterocycles. The fourth-order valence-corrected chi connectivity index (χ4v) is 3.51. The number of anilines is 2. The molecule has 1 heterocycles. The molecule has 2 amide bonds. The van der Waals surface area contributed by atoms with Crippen molar-refractivity contribution in [3.63, 3.8) is 0 Å². The van der Waals surface area contributed by atoms with Gasteiger partial charge in [0, 0.05) is 11.0 Å². The second kappa shape index (κ2) is 7.75. The molecule has 3 rings (SSSR count). The number of benzene rings is 2. The number of halogens is 2. The summed E-state index contributed by atoms with van der Waals surface area (Å²) in [5.74, 6) is -3.92. The number of nitrogens with one attached hydrogen (secondary N) is 1. The number of nitrogens with zero attached hydrogens (tertiary/aromatic N) is 1. The number of rotatable bonds is 4. The van der Waals surface area contributed by atoms with Crippen LogP contribution in [0, 0.1) is 11.6 Å². The van der Waals surface area contributed by atoms with E-state index >= 15 is 0 Å². The molecule has 2 aromatic carbocycles. The van der Waals surface area contributed by atoms with Crippen LogP contribution in [0.3, 0.4) is 0 Å². The molecule has 0 bridgehead atoms. The van der Waals surface area contributed by atoms with Gasteiger partial charge in [-0.2, -0.15) is 0 Å². The summed E-state index contributed by atoms with van der Waals surface area (Å²) in [6.45, 7) is -0.346. The van der Waals surface area contributed by atoms with E-state index in [1.54, 1.807) is 12.1 Å². The number of fused-ring (bicyclic) bond motifs is 1. The summed E-state index contributed by atoms with van der Waals surface area (Å²) in [5, 5.41) is 2.27. The third-order valence-corrected chi connectivity index (χ3v) is 4.89. The normalized spacial score (nSPS) is 13.1. The van der Waals surface area contributed by atoms with E-state index in [1.165, 1.54) is 16.7 Å². The Hall–Kier alpha value is -2.94. The second-order valence-corrected chi connectivity index (χ2v) is 6.61. The highest BCUT2D eigenvalue weighted by Crippen LogP contribution is 2.34. The number of carbonyl (C=O) groups excluding carboxylic acids is 3. The molecule has 0 atom stereocenters. The summed E-state index contributed by atoms with van der Waals surface area (Å²) < 4.78 is 32.1. The molecule has 0 aliphatic carbocycles.